The number of rotatable bonds is 5. The molecule has 0 bridgehead atoms. The zero-order valence-corrected chi connectivity index (χ0v) is 10.6. The molecule has 16 heavy (non-hydrogen) atoms. The second-order valence-corrected chi connectivity index (χ2v) is 5.67. The van der Waals surface area contributed by atoms with Gasteiger partial charge in [0.25, 0.3) is 0 Å². The van der Waals surface area contributed by atoms with Crippen molar-refractivity contribution in [2.75, 3.05) is 26.2 Å². The quantitative estimate of drug-likeness (QED) is 0.701. The Morgan fingerprint density at radius 2 is 1.00 bits per heavy atom. The average Bonchev–Trinajstić information content (AvgIpc) is 2.37. The lowest BCUT2D eigenvalue weighted by molar-refractivity contribution is 0.316. The highest BCUT2D eigenvalue weighted by atomic mass is 14.9. The van der Waals surface area contributed by atoms with Gasteiger partial charge in [0, 0.05) is 0 Å². The fraction of sp³-hybridized carbons (Fsp3) is 1.00. The van der Waals surface area contributed by atoms with Crippen molar-refractivity contribution < 1.29 is 0 Å². The zero-order chi connectivity index (χ0) is 11.1. The molecule has 0 aliphatic carbocycles. The molecular formula is C14H28N2. The van der Waals surface area contributed by atoms with Crippen LogP contribution >= 0.6 is 0 Å². The summed E-state index contributed by atoms with van der Waals surface area (Å²) in [6.07, 6.45) is 11.6. The predicted molar refractivity (Wildman–Crippen MR) is 69.7 cm³/mol. The van der Waals surface area contributed by atoms with Crippen molar-refractivity contribution >= 4 is 0 Å². The Morgan fingerprint density at radius 1 is 0.625 bits per heavy atom. The number of unbranched alkanes of at least 4 members (excludes halogenated alkanes) is 1. The maximum absolute atomic E-state index is 3.45. The first kappa shape index (κ1) is 12.4. The van der Waals surface area contributed by atoms with E-state index >= 15 is 0 Å². The van der Waals surface area contributed by atoms with Gasteiger partial charge in [-0.1, -0.05) is 25.7 Å². The smallest absolute Gasteiger partial charge is 0.00463 e. The van der Waals surface area contributed by atoms with Gasteiger partial charge in [-0.15, -0.1) is 0 Å². The number of hydrogen-bond donors (Lipinski definition) is 2. The first-order valence-electron chi connectivity index (χ1n) is 7.36. The van der Waals surface area contributed by atoms with Crippen LogP contribution in [0.4, 0.5) is 0 Å². The van der Waals surface area contributed by atoms with E-state index < -0.39 is 0 Å². The number of hydrogen-bond acceptors (Lipinski definition) is 2. The Labute approximate surface area is 101 Å². The van der Waals surface area contributed by atoms with Gasteiger partial charge in [0.15, 0.2) is 0 Å². The van der Waals surface area contributed by atoms with Crippen LogP contribution in [-0.2, 0) is 0 Å². The third kappa shape index (κ3) is 4.42. The fourth-order valence-electron chi connectivity index (χ4n) is 3.21. The molecule has 0 amide bonds. The fourth-order valence-corrected chi connectivity index (χ4v) is 3.21. The van der Waals surface area contributed by atoms with Crippen molar-refractivity contribution in [3.63, 3.8) is 0 Å². The molecule has 0 aromatic carbocycles. The molecule has 94 valence electrons. The van der Waals surface area contributed by atoms with E-state index in [2.05, 4.69) is 10.6 Å². The SMILES string of the molecule is C(CCC1CCNCC1)CC1CCNCC1. The van der Waals surface area contributed by atoms with Gasteiger partial charge in [-0.25, -0.2) is 0 Å². The third-order valence-corrected chi connectivity index (χ3v) is 4.39. The summed E-state index contributed by atoms with van der Waals surface area (Å²) in [5.41, 5.74) is 0. The summed E-state index contributed by atoms with van der Waals surface area (Å²) in [4.78, 5) is 0. The lowest BCUT2D eigenvalue weighted by atomic mass is 9.89. The first-order valence-corrected chi connectivity index (χ1v) is 7.36. The van der Waals surface area contributed by atoms with E-state index in [1.54, 1.807) is 0 Å². The molecule has 2 N–H and O–H groups in total. The molecule has 2 nitrogen and oxygen atoms in total. The van der Waals surface area contributed by atoms with E-state index in [-0.39, 0.29) is 0 Å². The van der Waals surface area contributed by atoms with E-state index in [1.807, 2.05) is 0 Å². The van der Waals surface area contributed by atoms with Crippen LogP contribution in [0.3, 0.4) is 0 Å². The van der Waals surface area contributed by atoms with E-state index in [0.717, 1.165) is 11.8 Å². The molecule has 0 saturated carbocycles. The summed E-state index contributed by atoms with van der Waals surface area (Å²) in [5.74, 6) is 2.07. The normalized spacial score (nSPS) is 24.8. The molecule has 0 unspecified atom stereocenters. The van der Waals surface area contributed by atoms with Gasteiger partial charge in [0.05, 0.1) is 0 Å². The van der Waals surface area contributed by atoms with Crippen LogP contribution in [0.2, 0.25) is 0 Å². The molecule has 2 aliphatic heterocycles. The highest BCUT2D eigenvalue weighted by Crippen LogP contribution is 2.23. The number of piperidine rings is 2. The Morgan fingerprint density at radius 3 is 1.38 bits per heavy atom. The van der Waals surface area contributed by atoms with Crippen LogP contribution in [-0.4, -0.2) is 26.2 Å². The molecule has 0 atom stereocenters. The second-order valence-electron chi connectivity index (χ2n) is 5.67. The van der Waals surface area contributed by atoms with Crippen molar-refractivity contribution in [1.29, 1.82) is 0 Å². The molecular weight excluding hydrogens is 196 g/mol. The van der Waals surface area contributed by atoms with Gasteiger partial charge in [-0.3, -0.25) is 0 Å². The van der Waals surface area contributed by atoms with E-state index in [4.69, 9.17) is 0 Å². The van der Waals surface area contributed by atoms with Crippen LogP contribution in [0.5, 0.6) is 0 Å². The topological polar surface area (TPSA) is 24.1 Å². The van der Waals surface area contributed by atoms with E-state index in [9.17, 15) is 0 Å². The minimum atomic E-state index is 1.04. The molecule has 2 fully saturated rings. The minimum absolute atomic E-state index is 1.04. The van der Waals surface area contributed by atoms with Gasteiger partial charge in [-0.05, 0) is 63.7 Å². The molecule has 2 heterocycles. The first-order chi connectivity index (χ1) is 7.95. The van der Waals surface area contributed by atoms with Gasteiger partial charge in [-0.2, -0.15) is 0 Å². The third-order valence-electron chi connectivity index (χ3n) is 4.39. The van der Waals surface area contributed by atoms with Crippen molar-refractivity contribution in [1.82, 2.24) is 10.6 Å². The van der Waals surface area contributed by atoms with Crippen LogP contribution in [0, 0.1) is 11.8 Å². The van der Waals surface area contributed by atoms with Gasteiger partial charge in [0.2, 0.25) is 0 Å². The monoisotopic (exact) mass is 224 g/mol. The zero-order valence-electron chi connectivity index (χ0n) is 10.6. The summed E-state index contributed by atoms with van der Waals surface area (Å²) in [6.45, 7) is 5.05. The molecule has 2 aliphatic rings. The van der Waals surface area contributed by atoms with Gasteiger partial charge < -0.3 is 10.6 Å². The van der Waals surface area contributed by atoms with Crippen LogP contribution in [0.15, 0.2) is 0 Å². The van der Waals surface area contributed by atoms with Gasteiger partial charge in [0.1, 0.15) is 0 Å². The largest absolute Gasteiger partial charge is 0.317 e. The van der Waals surface area contributed by atoms with E-state index in [0.29, 0.717) is 0 Å². The lowest BCUT2D eigenvalue weighted by Crippen LogP contribution is -2.28. The summed E-state index contributed by atoms with van der Waals surface area (Å²) in [5, 5.41) is 6.90. The molecule has 2 heteroatoms. The molecule has 0 radical (unpaired) electrons. The number of nitrogens with one attached hydrogen (secondary N) is 2. The second kappa shape index (κ2) is 7.29. The molecule has 0 spiro atoms. The summed E-state index contributed by atoms with van der Waals surface area (Å²) in [6, 6.07) is 0. The van der Waals surface area contributed by atoms with Crippen LogP contribution in [0.25, 0.3) is 0 Å². The maximum Gasteiger partial charge on any atom is -0.00463 e. The highest BCUT2D eigenvalue weighted by Gasteiger charge is 2.14. The molecule has 2 saturated heterocycles. The standard InChI is InChI=1S/C14H28N2/c1(3-13-5-9-15-10-6-13)2-4-14-7-11-16-12-8-14/h13-16H,1-12H2. The summed E-state index contributed by atoms with van der Waals surface area (Å²) < 4.78 is 0. The minimum Gasteiger partial charge on any atom is -0.317 e. The average molecular weight is 224 g/mol. The Kier molecular flexibility index (Phi) is 5.64. The summed E-state index contributed by atoms with van der Waals surface area (Å²) in [7, 11) is 0. The molecule has 2 rings (SSSR count). The Bertz CT molecular complexity index is 150. The molecule has 0 aromatic heterocycles. The Hall–Kier alpha value is -0.0800. The van der Waals surface area contributed by atoms with Crippen molar-refractivity contribution in [3.8, 4) is 0 Å². The van der Waals surface area contributed by atoms with E-state index in [1.165, 1.54) is 77.5 Å². The van der Waals surface area contributed by atoms with Crippen LogP contribution < -0.4 is 10.6 Å². The Balaban J connectivity index is 1.47. The summed E-state index contributed by atoms with van der Waals surface area (Å²) >= 11 is 0. The highest BCUT2D eigenvalue weighted by molar-refractivity contribution is 4.71. The molecule has 0 aromatic rings. The van der Waals surface area contributed by atoms with Crippen molar-refractivity contribution in [2.45, 2.75) is 51.4 Å². The predicted octanol–water partition coefficient (Wildman–Crippen LogP) is 2.55. The van der Waals surface area contributed by atoms with Crippen LogP contribution in [0.1, 0.15) is 51.4 Å². The van der Waals surface area contributed by atoms with Crippen molar-refractivity contribution in [3.05, 3.63) is 0 Å². The maximum atomic E-state index is 3.45. The lowest BCUT2D eigenvalue weighted by Gasteiger charge is -2.24. The van der Waals surface area contributed by atoms with Crippen molar-refractivity contribution in [2.24, 2.45) is 11.8 Å². The van der Waals surface area contributed by atoms with Gasteiger partial charge >= 0.3 is 0 Å².